The first-order chi connectivity index (χ1) is 6.25. The molecule has 0 aliphatic carbocycles. The molecule has 0 spiro atoms. The molecule has 0 radical (unpaired) electrons. The molecule has 2 rings (SSSR count). The van der Waals surface area contributed by atoms with Crippen molar-refractivity contribution in [3.05, 3.63) is 36.3 Å². The Hall–Kier alpha value is -1.71. The molecule has 3 nitrogen and oxygen atoms in total. The van der Waals surface area contributed by atoms with E-state index >= 15 is 0 Å². The summed E-state index contributed by atoms with van der Waals surface area (Å²) in [5, 5.41) is 8.02. The van der Waals surface area contributed by atoms with Crippen LogP contribution < -0.4 is 0 Å². The van der Waals surface area contributed by atoms with Gasteiger partial charge in [0.05, 0.1) is 6.20 Å². The summed E-state index contributed by atoms with van der Waals surface area (Å²) in [5.41, 5.74) is 1.62. The predicted molar refractivity (Wildman–Crippen MR) is 46.4 cm³/mol. The maximum Gasteiger partial charge on any atom is 0.123 e. The molecule has 0 bridgehead atoms. The lowest BCUT2D eigenvalue weighted by molar-refractivity contribution is 0.628. The predicted octanol–water partition coefficient (Wildman–Crippen LogP) is 1.62. The Kier molecular flexibility index (Phi) is 1.81. The second-order valence-corrected chi connectivity index (χ2v) is 2.73. The van der Waals surface area contributed by atoms with E-state index in [0.717, 1.165) is 11.3 Å². The van der Waals surface area contributed by atoms with Crippen molar-refractivity contribution in [2.45, 2.75) is 0 Å². The molecule has 1 heterocycles. The van der Waals surface area contributed by atoms with Gasteiger partial charge in [-0.3, -0.25) is 0 Å². The molecule has 0 saturated carbocycles. The minimum absolute atomic E-state index is 0.243. The highest BCUT2D eigenvalue weighted by Gasteiger charge is 2.00. The summed E-state index contributed by atoms with van der Waals surface area (Å²) in [7, 11) is 1.74. The van der Waals surface area contributed by atoms with Crippen molar-refractivity contribution in [2.24, 2.45) is 7.05 Å². The molecule has 0 atom stereocenters. The van der Waals surface area contributed by atoms with E-state index in [1.165, 1.54) is 16.9 Å². The van der Waals surface area contributed by atoms with Crippen LogP contribution in [0.4, 0.5) is 4.39 Å². The van der Waals surface area contributed by atoms with E-state index in [0.29, 0.717) is 0 Å². The summed E-state index contributed by atoms with van der Waals surface area (Å²) in [6.45, 7) is 0. The zero-order chi connectivity index (χ0) is 9.26. The Bertz CT molecular complexity index is 405. The van der Waals surface area contributed by atoms with Crippen molar-refractivity contribution in [3.63, 3.8) is 0 Å². The van der Waals surface area contributed by atoms with Gasteiger partial charge in [-0.15, -0.1) is 0 Å². The van der Waals surface area contributed by atoms with Gasteiger partial charge in [0.2, 0.25) is 0 Å². The van der Waals surface area contributed by atoms with Crippen LogP contribution in [0.15, 0.2) is 30.5 Å². The van der Waals surface area contributed by atoms with Crippen LogP contribution in [0.5, 0.6) is 0 Å². The molecule has 4 heteroatoms. The summed E-state index contributed by atoms with van der Waals surface area (Å²) in [4.78, 5) is 1.47. The van der Waals surface area contributed by atoms with Crippen molar-refractivity contribution in [2.75, 3.05) is 0 Å². The van der Waals surface area contributed by atoms with Crippen LogP contribution in [0.1, 0.15) is 0 Å². The summed E-state index contributed by atoms with van der Waals surface area (Å²) in [5.74, 6) is -0.243. The van der Waals surface area contributed by atoms with Gasteiger partial charge in [0.25, 0.3) is 0 Å². The van der Waals surface area contributed by atoms with Gasteiger partial charge < -0.3 is 0 Å². The molecule has 0 aliphatic heterocycles. The summed E-state index contributed by atoms with van der Waals surface area (Å²) >= 11 is 0. The second kappa shape index (κ2) is 2.97. The lowest BCUT2D eigenvalue weighted by Crippen LogP contribution is -1.91. The van der Waals surface area contributed by atoms with Crippen molar-refractivity contribution < 1.29 is 4.39 Å². The zero-order valence-corrected chi connectivity index (χ0v) is 7.11. The maximum atomic E-state index is 12.6. The Labute approximate surface area is 74.8 Å². The average molecular weight is 177 g/mol. The molecule has 2 aromatic rings. The van der Waals surface area contributed by atoms with E-state index in [9.17, 15) is 4.39 Å². The summed E-state index contributed by atoms with van der Waals surface area (Å²) < 4.78 is 12.6. The fourth-order valence-electron chi connectivity index (χ4n) is 1.10. The summed E-state index contributed by atoms with van der Waals surface area (Å²) in [6, 6.07) is 6.17. The second-order valence-electron chi connectivity index (χ2n) is 2.73. The molecule has 0 aliphatic rings. The van der Waals surface area contributed by atoms with Crippen LogP contribution in [0.3, 0.4) is 0 Å². The molecule has 0 fully saturated rings. The van der Waals surface area contributed by atoms with E-state index in [1.54, 1.807) is 25.4 Å². The Morgan fingerprint density at radius 2 is 1.92 bits per heavy atom. The number of aryl methyl sites for hydroxylation is 1. The minimum atomic E-state index is -0.243. The van der Waals surface area contributed by atoms with Crippen molar-refractivity contribution in [1.82, 2.24) is 15.0 Å². The molecular formula is C9H8FN3. The third-order valence-corrected chi connectivity index (χ3v) is 1.74. The lowest BCUT2D eigenvalue weighted by Gasteiger charge is -1.93. The van der Waals surface area contributed by atoms with Gasteiger partial charge in [-0.05, 0) is 24.3 Å². The molecule has 1 aromatic heterocycles. The highest BCUT2D eigenvalue weighted by atomic mass is 19.1. The molecule has 0 amide bonds. The standard InChI is InChI=1S/C9H8FN3/c1-13-11-6-9(12-13)7-2-4-8(10)5-3-7/h2-6H,1H3. The van der Waals surface area contributed by atoms with Gasteiger partial charge in [-0.25, -0.2) is 4.39 Å². The van der Waals surface area contributed by atoms with Gasteiger partial charge in [-0.2, -0.15) is 15.0 Å². The van der Waals surface area contributed by atoms with Crippen LogP contribution in [0, 0.1) is 5.82 Å². The third kappa shape index (κ3) is 1.56. The SMILES string of the molecule is Cn1ncc(-c2ccc(F)cc2)n1. The van der Waals surface area contributed by atoms with Crippen LogP contribution >= 0.6 is 0 Å². The van der Waals surface area contributed by atoms with Crippen molar-refractivity contribution in [3.8, 4) is 11.3 Å². The minimum Gasteiger partial charge on any atom is -0.207 e. The number of hydrogen-bond donors (Lipinski definition) is 0. The third-order valence-electron chi connectivity index (χ3n) is 1.74. The van der Waals surface area contributed by atoms with E-state index in [1.807, 2.05) is 0 Å². The maximum absolute atomic E-state index is 12.6. The molecule has 1 aromatic carbocycles. The number of rotatable bonds is 1. The normalized spacial score (nSPS) is 10.3. The van der Waals surface area contributed by atoms with E-state index in [-0.39, 0.29) is 5.82 Å². The van der Waals surface area contributed by atoms with Gasteiger partial charge >= 0.3 is 0 Å². The molecule has 13 heavy (non-hydrogen) atoms. The van der Waals surface area contributed by atoms with Gasteiger partial charge in [-0.1, -0.05) is 0 Å². The number of nitrogens with zero attached hydrogens (tertiary/aromatic N) is 3. The average Bonchev–Trinajstić information content (AvgIpc) is 2.53. The van der Waals surface area contributed by atoms with Crippen molar-refractivity contribution in [1.29, 1.82) is 0 Å². The van der Waals surface area contributed by atoms with Gasteiger partial charge in [0.15, 0.2) is 0 Å². The van der Waals surface area contributed by atoms with Crippen LogP contribution in [0.25, 0.3) is 11.3 Å². The van der Waals surface area contributed by atoms with Crippen molar-refractivity contribution >= 4 is 0 Å². The Morgan fingerprint density at radius 1 is 1.23 bits per heavy atom. The molecule has 0 saturated heterocycles. The highest BCUT2D eigenvalue weighted by Crippen LogP contribution is 2.15. The van der Waals surface area contributed by atoms with E-state index < -0.39 is 0 Å². The monoisotopic (exact) mass is 177 g/mol. The molecule has 66 valence electrons. The van der Waals surface area contributed by atoms with E-state index in [2.05, 4.69) is 10.2 Å². The van der Waals surface area contributed by atoms with Crippen LogP contribution in [-0.4, -0.2) is 15.0 Å². The first-order valence-electron chi connectivity index (χ1n) is 3.88. The summed E-state index contributed by atoms with van der Waals surface area (Å²) in [6.07, 6.45) is 1.65. The first kappa shape index (κ1) is 7.91. The molecule has 0 unspecified atom stereocenters. The number of halogens is 1. The largest absolute Gasteiger partial charge is 0.207 e. The van der Waals surface area contributed by atoms with Gasteiger partial charge in [0.1, 0.15) is 11.5 Å². The Morgan fingerprint density at radius 3 is 2.46 bits per heavy atom. The molecular weight excluding hydrogens is 169 g/mol. The Balaban J connectivity index is 2.41. The van der Waals surface area contributed by atoms with E-state index in [4.69, 9.17) is 0 Å². The topological polar surface area (TPSA) is 30.7 Å². The van der Waals surface area contributed by atoms with Gasteiger partial charge in [0, 0.05) is 12.6 Å². The smallest absolute Gasteiger partial charge is 0.123 e. The number of benzene rings is 1. The zero-order valence-electron chi connectivity index (χ0n) is 7.11. The lowest BCUT2D eigenvalue weighted by atomic mass is 10.2. The fourth-order valence-corrected chi connectivity index (χ4v) is 1.10. The number of hydrogen-bond acceptors (Lipinski definition) is 2. The first-order valence-corrected chi connectivity index (χ1v) is 3.88. The van der Waals surface area contributed by atoms with Crippen LogP contribution in [-0.2, 0) is 7.05 Å². The quantitative estimate of drug-likeness (QED) is 0.662. The molecule has 0 N–H and O–H groups in total. The van der Waals surface area contributed by atoms with Crippen LogP contribution in [0.2, 0.25) is 0 Å². The fraction of sp³-hybridized carbons (Fsp3) is 0.111. The number of aromatic nitrogens is 3. The highest BCUT2D eigenvalue weighted by molar-refractivity contribution is 5.57.